The Labute approximate surface area is 106 Å². The van der Waals surface area contributed by atoms with Crippen molar-refractivity contribution >= 4 is 17.1 Å². The lowest BCUT2D eigenvalue weighted by molar-refractivity contribution is -0.0413. The van der Waals surface area contributed by atoms with Crippen LogP contribution in [0.5, 0.6) is 0 Å². The standard InChI is InChI=1S/C13H18O3S/c1-3-9(2)8-10(14)11-4-5-12(17-11)13-15-6-7-16-13/h4-5,9,13H,3,6-8H2,1-2H3. The molecule has 0 bridgehead atoms. The number of ketones is 1. The molecule has 1 aliphatic heterocycles. The zero-order valence-corrected chi connectivity index (χ0v) is 11.1. The molecule has 0 N–H and O–H groups in total. The van der Waals surface area contributed by atoms with Gasteiger partial charge in [0.2, 0.25) is 0 Å². The summed E-state index contributed by atoms with van der Waals surface area (Å²) in [5, 5.41) is 0. The molecular weight excluding hydrogens is 236 g/mol. The van der Waals surface area contributed by atoms with E-state index in [4.69, 9.17) is 9.47 Å². The largest absolute Gasteiger partial charge is 0.345 e. The van der Waals surface area contributed by atoms with Crippen LogP contribution in [-0.4, -0.2) is 19.0 Å². The van der Waals surface area contributed by atoms with Crippen LogP contribution in [0.4, 0.5) is 0 Å². The van der Waals surface area contributed by atoms with Crippen LogP contribution in [-0.2, 0) is 9.47 Å². The van der Waals surface area contributed by atoms with Gasteiger partial charge in [-0.1, -0.05) is 20.3 Å². The summed E-state index contributed by atoms with van der Waals surface area (Å²) >= 11 is 1.49. The predicted molar refractivity (Wildman–Crippen MR) is 67.4 cm³/mol. The first-order valence-electron chi connectivity index (χ1n) is 6.06. The van der Waals surface area contributed by atoms with Crippen molar-refractivity contribution in [3.05, 3.63) is 21.9 Å². The SMILES string of the molecule is CCC(C)CC(=O)c1ccc(C2OCCO2)s1. The molecule has 0 radical (unpaired) electrons. The van der Waals surface area contributed by atoms with E-state index in [-0.39, 0.29) is 12.1 Å². The molecule has 1 fully saturated rings. The average molecular weight is 254 g/mol. The smallest absolute Gasteiger partial charge is 0.193 e. The Kier molecular flexibility index (Phi) is 4.31. The van der Waals surface area contributed by atoms with Crippen LogP contribution >= 0.6 is 11.3 Å². The van der Waals surface area contributed by atoms with Gasteiger partial charge < -0.3 is 9.47 Å². The third kappa shape index (κ3) is 3.15. The van der Waals surface area contributed by atoms with Gasteiger partial charge in [-0.05, 0) is 18.1 Å². The minimum atomic E-state index is -0.259. The number of carbonyl (C=O) groups is 1. The lowest BCUT2D eigenvalue weighted by Gasteiger charge is -2.06. The van der Waals surface area contributed by atoms with Crippen molar-refractivity contribution in [2.75, 3.05) is 13.2 Å². The van der Waals surface area contributed by atoms with E-state index in [9.17, 15) is 4.79 Å². The number of thiophene rings is 1. The van der Waals surface area contributed by atoms with Gasteiger partial charge in [0, 0.05) is 6.42 Å². The fourth-order valence-electron chi connectivity index (χ4n) is 1.71. The Morgan fingerprint density at radius 2 is 2.18 bits per heavy atom. The van der Waals surface area contributed by atoms with E-state index >= 15 is 0 Å². The van der Waals surface area contributed by atoms with Crippen molar-refractivity contribution in [3.8, 4) is 0 Å². The van der Waals surface area contributed by atoms with Crippen LogP contribution in [0.2, 0.25) is 0 Å². The molecular formula is C13H18O3S. The highest BCUT2D eigenvalue weighted by molar-refractivity contribution is 7.14. The van der Waals surface area contributed by atoms with Crippen molar-refractivity contribution in [1.82, 2.24) is 0 Å². The summed E-state index contributed by atoms with van der Waals surface area (Å²) in [6, 6.07) is 3.82. The maximum absolute atomic E-state index is 12.0. The number of hydrogen-bond acceptors (Lipinski definition) is 4. The number of ether oxygens (including phenoxy) is 2. The molecule has 3 nitrogen and oxygen atoms in total. The van der Waals surface area contributed by atoms with E-state index in [2.05, 4.69) is 13.8 Å². The van der Waals surface area contributed by atoms with Gasteiger partial charge in [-0.2, -0.15) is 0 Å². The second kappa shape index (κ2) is 5.76. The average Bonchev–Trinajstić information content (AvgIpc) is 2.98. The highest BCUT2D eigenvalue weighted by atomic mass is 32.1. The second-order valence-electron chi connectivity index (χ2n) is 4.42. The van der Waals surface area contributed by atoms with Gasteiger partial charge in [-0.25, -0.2) is 0 Å². The van der Waals surface area contributed by atoms with E-state index < -0.39 is 0 Å². The van der Waals surface area contributed by atoms with Crippen molar-refractivity contribution in [2.45, 2.75) is 33.0 Å². The fraction of sp³-hybridized carbons (Fsp3) is 0.615. The van der Waals surface area contributed by atoms with Crippen molar-refractivity contribution in [2.24, 2.45) is 5.92 Å². The van der Waals surface area contributed by atoms with Crippen molar-refractivity contribution in [1.29, 1.82) is 0 Å². The van der Waals surface area contributed by atoms with E-state index in [0.29, 0.717) is 25.6 Å². The summed E-state index contributed by atoms with van der Waals surface area (Å²) < 4.78 is 10.8. The number of carbonyl (C=O) groups excluding carboxylic acids is 1. The summed E-state index contributed by atoms with van der Waals surface area (Å²) in [6.07, 6.45) is 1.41. The molecule has 17 heavy (non-hydrogen) atoms. The first-order valence-corrected chi connectivity index (χ1v) is 6.88. The zero-order chi connectivity index (χ0) is 12.3. The highest BCUT2D eigenvalue weighted by Crippen LogP contribution is 2.30. The Hall–Kier alpha value is -0.710. The Morgan fingerprint density at radius 1 is 1.47 bits per heavy atom. The molecule has 94 valence electrons. The third-order valence-electron chi connectivity index (χ3n) is 2.99. The Bertz CT molecular complexity index is 380. The van der Waals surface area contributed by atoms with Gasteiger partial charge in [0.15, 0.2) is 12.1 Å². The predicted octanol–water partition coefficient (Wildman–Crippen LogP) is 3.41. The molecule has 0 saturated carbocycles. The van der Waals surface area contributed by atoms with Crippen LogP contribution < -0.4 is 0 Å². The molecule has 0 aromatic carbocycles. The van der Waals surface area contributed by atoms with Gasteiger partial charge in [0.25, 0.3) is 0 Å². The van der Waals surface area contributed by atoms with Gasteiger partial charge >= 0.3 is 0 Å². The van der Waals surface area contributed by atoms with Crippen molar-refractivity contribution in [3.63, 3.8) is 0 Å². The van der Waals surface area contributed by atoms with Crippen molar-refractivity contribution < 1.29 is 14.3 Å². The van der Waals surface area contributed by atoms with Gasteiger partial charge in [0.1, 0.15) is 0 Å². The molecule has 1 atom stereocenters. The molecule has 1 aliphatic rings. The van der Waals surface area contributed by atoms with Crippen LogP contribution in [0, 0.1) is 5.92 Å². The second-order valence-corrected chi connectivity index (χ2v) is 5.53. The van der Waals surface area contributed by atoms with E-state index in [0.717, 1.165) is 16.2 Å². The minimum Gasteiger partial charge on any atom is -0.345 e. The van der Waals surface area contributed by atoms with Gasteiger partial charge in [-0.15, -0.1) is 11.3 Å². The lowest BCUT2D eigenvalue weighted by atomic mass is 10.0. The summed E-state index contributed by atoms with van der Waals surface area (Å²) in [4.78, 5) is 13.8. The maximum Gasteiger partial charge on any atom is 0.193 e. The number of rotatable bonds is 5. The first-order chi connectivity index (χ1) is 8.20. The fourth-order valence-corrected chi connectivity index (χ4v) is 2.67. The quantitative estimate of drug-likeness (QED) is 0.755. The summed E-state index contributed by atoms with van der Waals surface area (Å²) in [5.74, 6) is 0.681. The van der Waals surface area contributed by atoms with Gasteiger partial charge in [-0.3, -0.25) is 4.79 Å². The van der Waals surface area contributed by atoms with Gasteiger partial charge in [0.05, 0.1) is 23.0 Å². The maximum atomic E-state index is 12.0. The normalized spacial score (nSPS) is 18.5. The molecule has 2 heterocycles. The number of Topliss-reactive ketones (excluding diaryl/α,β-unsaturated/α-hetero) is 1. The third-order valence-corrected chi connectivity index (χ3v) is 4.13. The van der Waals surface area contributed by atoms with Crippen LogP contribution in [0.1, 0.15) is 47.5 Å². The van der Waals surface area contributed by atoms with Crippen LogP contribution in [0.15, 0.2) is 12.1 Å². The topological polar surface area (TPSA) is 35.5 Å². The molecule has 1 aromatic rings. The highest BCUT2D eigenvalue weighted by Gasteiger charge is 2.21. The molecule has 0 aliphatic carbocycles. The summed E-state index contributed by atoms with van der Waals surface area (Å²) in [5.41, 5.74) is 0. The lowest BCUT2D eigenvalue weighted by Crippen LogP contribution is -2.03. The monoisotopic (exact) mass is 254 g/mol. The minimum absolute atomic E-state index is 0.230. The first kappa shape index (κ1) is 12.7. The summed E-state index contributed by atoms with van der Waals surface area (Å²) in [6.45, 7) is 5.49. The zero-order valence-electron chi connectivity index (χ0n) is 10.3. The molecule has 1 aromatic heterocycles. The summed E-state index contributed by atoms with van der Waals surface area (Å²) in [7, 11) is 0. The molecule has 0 amide bonds. The number of hydrogen-bond donors (Lipinski definition) is 0. The van der Waals surface area contributed by atoms with E-state index in [1.165, 1.54) is 11.3 Å². The van der Waals surface area contributed by atoms with Crippen LogP contribution in [0.3, 0.4) is 0 Å². The molecule has 1 saturated heterocycles. The molecule has 0 spiro atoms. The van der Waals surface area contributed by atoms with E-state index in [1.807, 2.05) is 12.1 Å². The molecule has 1 unspecified atom stereocenters. The van der Waals surface area contributed by atoms with Crippen LogP contribution in [0.25, 0.3) is 0 Å². The molecule has 4 heteroatoms. The van der Waals surface area contributed by atoms with E-state index in [1.54, 1.807) is 0 Å². The Morgan fingerprint density at radius 3 is 2.82 bits per heavy atom. The molecule has 2 rings (SSSR count). The Balaban J connectivity index is 1.99.